The highest BCUT2D eigenvalue weighted by atomic mass is 16.3. The van der Waals surface area contributed by atoms with Crippen LogP contribution in [-0.2, 0) is 11.3 Å². The number of nitrogens with zero attached hydrogens (tertiary/aromatic N) is 3. The van der Waals surface area contributed by atoms with Gasteiger partial charge in [0.25, 0.3) is 0 Å². The number of carbonyl (C=O) groups excluding carboxylic acids is 1. The molecule has 1 saturated carbocycles. The van der Waals surface area contributed by atoms with E-state index >= 15 is 0 Å². The van der Waals surface area contributed by atoms with Crippen molar-refractivity contribution in [2.75, 3.05) is 6.61 Å². The lowest BCUT2D eigenvalue weighted by Gasteiger charge is -2.26. The summed E-state index contributed by atoms with van der Waals surface area (Å²) in [5.41, 5.74) is 7.10. The summed E-state index contributed by atoms with van der Waals surface area (Å²) in [7, 11) is 0. The van der Waals surface area contributed by atoms with Gasteiger partial charge in [-0.3, -0.25) is 4.79 Å². The van der Waals surface area contributed by atoms with E-state index in [1.807, 2.05) is 44.2 Å². The largest absolute Gasteiger partial charge is 0.394 e. The molecule has 0 aliphatic heterocycles. The fourth-order valence-electron chi connectivity index (χ4n) is 5.82. The lowest BCUT2D eigenvalue weighted by molar-refractivity contribution is -0.124. The minimum Gasteiger partial charge on any atom is -0.394 e. The molecule has 1 fully saturated rings. The van der Waals surface area contributed by atoms with Crippen LogP contribution in [0.4, 0.5) is 0 Å². The maximum Gasteiger partial charge on any atom is 0.228 e. The van der Waals surface area contributed by atoms with Crippen LogP contribution in [0.15, 0.2) is 60.7 Å². The number of hydrogen-bond donors (Lipinski definition) is 2. The van der Waals surface area contributed by atoms with Gasteiger partial charge in [-0.25, -0.2) is 9.97 Å². The predicted molar refractivity (Wildman–Crippen MR) is 146 cm³/mol. The predicted octanol–water partition coefficient (Wildman–Crippen LogP) is 5.53. The molecule has 1 aliphatic carbocycles. The molecule has 2 heterocycles. The van der Waals surface area contributed by atoms with Gasteiger partial charge in [0, 0.05) is 5.69 Å². The standard InChI is InChI=1S/C31H36N4O2/c1-20-17-21(2)32-30-29(20)33-22(3)35(30)18-23-13-15-26(16-14-23)28(25-11-7-8-12-25)31(37)34-27(19-36)24-9-5-4-6-10-24/h4-6,9-10,13-17,25,27-28,36H,7-8,11-12,18-19H2,1-3H3,(H,34,37)/t27-,28?/m0/s1. The molecular formula is C31H36N4O2. The second kappa shape index (κ2) is 10.9. The number of nitrogens with one attached hydrogen (secondary N) is 1. The van der Waals surface area contributed by atoms with E-state index in [-0.39, 0.29) is 18.4 Å². The van der Waals surface area contributed by atoms with Crippen molar-refractivity contribution in [2.45, 2.75) is 65.0 Å². The number of hydrogen-bond acceptors (Lipinski definition) is 4. The van der Waals surface area contributed by atoms with Crippen LogP contribution in [0.3, 0.4) is 0 Å². The van der Waals surface area contributed by atoms with E-state index in [0.29, 0.717) is 12.5 Å². The Hall–Kier alpha value is -3.51. The van der Waals surface area contributed by atoms with Gasteiger partial charge in [-0.05, 0) is 67.9 Å². The lowest BCUT2D eigenvalue weighted by atomic mass is 9.83. The number of carbonyl (C=O) groups is 1. The highest BCUT2D eigenvalue weighted by Crippen LogP contribution is 2.38. The fourth-order valence-corrected chi connectivity index (χ4v) is 5.82. The molecule has 37 heavy (non-hydrogen) atoms. The molecule has 4 aromatic rings. The Morgan fingerprint density at radius 3 is 2.38 bits per heavy atom. The number of imidazole rings is 1. The Kier molecular flexibility index (Phi) is 7.38. The first kappa shape index (κ1) is 25.2. The van der Waals surface area contributed by atoms with E-state index in [0.717, 1.165) is 70.6 Å². The van der Waals surface area contributed by atoms with Gasteiger partial charge in [0.05, 0.1) is 25.1 Å². The third-order valence-corrected chi connectivity index (χ3v) is 7.75. The van der Waals surface area contributed by atoms with Crippen molar-refractivity contribution in [1.82, 2.24) is 19.9 Å². The topological polar surface area (TPSA) is 80.0 Å². The van der Waals surface area contributed by atoms with E-state index in [4.69, 9.17) is 9.97 Å². The Labute approximate surface area is 218 Å². The lowest BCUT2D eigenvalue weighted by Crippen LogP contribution is -2.37. The van der Waals surface area contributed by atoms with Gasteiger partial charge in [0.15, 0.2) is 5.65 Å². The van der Waals surface area contributed by atoms with E-state index < -0.39 is 6.04 Å². The second-order valence-electron chi connectivity index (χ2n) is 10.4. The maximum atomic E-state index is 13.6. The van der Waals surface area contributed by atoms with Crippen LogP contribution in [0.2, 0.25) is 0 Å². The number of aryl methyl sites for hydroxylation is 3. The summed E-state index contributed by atoms with van der Waals surface area (Å²) in [5.74, 6) is 1.03. The molecule has 0 saturated heterocycles. The van der Waals surface area contributed by atoms with Gasteiger partial charge >= 0.3 is 0 Å². The van der Waals surface area contributed by atoms with Crippen LogP contribution < -0.4 is 5.32 Å². The van der Waals surface area contributed by atoms with Gasteiger partial charge in [-0.2, -0.15) is 0 Å². The Bertz CT molecular complexity index is 1370. The third kappa shape index (κ3) is 5.30. The van der Waals surface area contributed by atoms with Gasteiger partial charge in [-0.15, -0.1) is 0 Å². The van der Waals surface area contributed by atoms with E-state index in [1.54, 1.807) is 0 Å². The van der Waals surface area contributed by atoms with Crippen molar-refractivity contribution in [1.29, 1.82) is 0 Å². The number of amides is 1. The zero-order valence-corrected chi connectivity index (χ0v) is 21.9. The number of rotatable bonds is 8. The van der Waals surface area contributed by atoms with Gasteiger partial charge < -0.3 is 15.0 Å². The van der Waals surface area contributed by atoms with Gasteiger partial charge in [0.2, 0.25) is 5.91 Å². The molecule has 0 bridgehead atoms. The number of aromatic nitrogens is 3. The number of aliphatic hydroxyl groups is 1. The van der Waals surface area contributed by atoms with Crippen LogP contribution in [0.5, 0.6) is 0 Å². The van der Waals surface area contributed by atoms with Crippen molar-refractivity contribution in [3.63, 3.8) is 0 Å². The molecule has 2 N–H and O–H groups in total. The quantitative estimate of drug-likeness (QED) is 0.336. The molecule has 2 aromatic carbocycles. The average Bonchev–Trinajstić information content (AvgIpc) is 3.53. The summed E-state index contributed by atoms with van der Waals surface area (Å²) in [6, 6.07) is 19.8. The molecule has 2 aromatic heterocycles. The molecule has 1 amide bonds. The summed E-state index contributed by atoms with van der Waals surface area (Å²) in [5, 5.41) is 13.1. The summed E-state index contributed by atoms with van der Waals surface area (Å²) < 4.78 is 2.16. The van der Waals surface area contributed by atoms with E-state index in [9.17, 15) is 9.90 Å². The van der Waals surface area contributed by atoms with Crippen molar-refractivity contribution < 1.29 is 9.90 Å². The summed E-state index contributed by atoms with van der Waals surface area (Å²) >= 11 is 0. The molecular weight excluding hydrogens is 460 g/mol. The first-order valence-electron chi connectivity index (χ1n) is 13.3. The van der Waals surface area contributed by atoms with Crippen LogP contribution in [0.25, 0.3) is 11.2 Å². The molecule has 5 rings (SSSR count). The molecule has 1 unspecified atom stereocenters. The Morgan fingerprint density at radius 2 is 1.70 bits per heavy atom. The fraction of sp³-hybridized carbons (Fsp3) is 0.387. The van der Waals surface area contributed by atoms with Crippen LogP contribution in [0.1, 0.15) is 71.4 Å². The second-order valence-corrected chi connectivity index (χ2v) is 10.4. The van der Waals surface area contributed by atoms with E-state index in [2.05, 4.69) is 47.1 Å². The average molecular weight is 497 g/mol. The molecule has 6 nitrogen and oxygen atoms in total. The van der Waals surface area contributed by atoms with Crippen molar-refractivity contribution in [2.24, 2.45) is 5.92 Å². The molecule has 0 spiro atoms. The first-order valence-corrected chi connectivity index (χ1v) is 13.3. The zero-order chi connectivity index (χ0) is 25.9. The van der Waals surface area contributed by atoms with E-state index in [1.165, 1.54) is 0 Å². The third-order valence-electron chi connectivity index (χ3n) is 7.75. The molecule has 2 atom stereocenters. The van der Waals surface area contributed by atoms with Crippen molar-refractivity contribution >= 4 is 17.1 Å². The monoisotopic (exact) mass is 496 g/mol. The Balaban J connectivity index is 1.39. The summed E-state index contributed by atoms with van der Waals surface area (Å²) in [6.45, 7) is 6.67. The maximum absolute atomic E-state index is 13.6. The minimum absolute atomic E-state index is 0.00542. The van der Waals surface area contributed by atoms with Crippen molar-refractivity contribution in [3.8, 4) is 0 Å². The number of aliphatic hydroxyl groups excluding tert-OH is 1. The van der Waals surface area contributed by atoms with Crippen LogP contribution in [0, 0.1) is 26.7 Å². The summed E-state index contributed by atoms with van der Waals surface area (Å²) in [6.07, 6.45) is 4.43. The molecule has 1 aliphatic rings. The highest BCUT2D eigenvalue weighted by molar-refractivity contribution is 5.84. The molecule has 0 radical (unpaired) electrons. The molecule has 6 heteroatoms. The first-order chi connectivity index (χ1) is 17.9. The number of benzene rings is 2. The smallest absolute Gasteiger partial charge is 0.228 e. The minimum atomic E-state index is -0.409. The zero-order valence-electron chi connectivity index (χ0n) is 21.9. The van der Waals surface area contributed by atoms with Gasteiger partial charge in [0.1, 0.15) is 11.3 Å². The van der Waals surface area contributed by atoms with Gasteiger partial charge in [-0.1, -0.05) is 67.4 Å². The normalized spacial score (nSPS) is 15.7. The number of fused-ring (bicyclic) bond motifs is 1. The molecule has 192 valence electrons. The highest BCUT2D eigenvalue weighted by Gasteiger charge is 2.33. The van der Waals surface area contributed by atoms with Crippen molar-refractivity contribution in [3.05, 3.63) is 94.4 Å². The SMILES string of the molecule is Cc1cc(C)c2nc(C)n(Cc3ccc(C(C(=O)N[C@@H](CO)c4ccccc4)C4CCCC4)cc3)c2n1. The van der Waals surface area contributed by atoms with Crippen LogP contribution >= 0.6 is 0 Å². The Morgan fingerprint density at radius 1 is 1.00 bits per heavy atom. The summed E-state index contributed by atoms with van der Waals surface area (Å²) in [4.78, 5) is 23.1. The van der Waals surface area contributed by atoms with Crippen LogP contribution in [-0.4, -0.2) is 32.2 Å². The number of pyridine rings is 1.